The van der Waals surface area contributed by atoms with E-state index < -0.39 is 0 Å². The zero-order valence-electron chi connectivity index (χ0n) is 19.0. The minimum Gasteiger partial charge on any atom is -0.450 e. The number of nitrogens with one attached hydrogen (secondary N) is 2. The zero-order valence-corrected chi connectivity index (χ0v) is 19.0. The van der Waals surface area contributed by atoms with Gasteiger partial charge in [-0.2, -0.15) is 5.10 Å². The van der Waals surface area contributed by atoms with E-state index in [1.54, 1.807) is 11.9 Å². The van der Waals surface area contributed by atoms with E-state index in [2.05, 4.69) is 51.5 Å². The normalized spacial score (nSPS) is 15.1. The molecule has 1 aromatic heterocycles. The Kier molecular flexibility index (Phi) is 7.92. The van der Waals surface area contributed by atoms with Crippen molar-refractivity contribution in [1.29, 1.82) is 0 Å². The summed E-state index contributed by atoms with van der Waals surface area (Å²) in [6, 6.07) is 10.6. The van der Waals surface area contributed by atoms with Crippen LogP contribution in [0, 0.1) is 13.8 Å². The molecule has 0 bridgehead atoms. The molecule has 1 aromatic carbocycles. The number of hydrogen-bond acceptors (Lipinski definition) is 4. The number of aliphatic imine (C=N–C) groups is 1. The van der Waals surface area contributed by atoms with Crippen molar-refractivity contribution in [2.24, 2.45) is 4.99 Å². The molecule has 8 nitrogen and oxygen atoms in total. The molecular weight excluding hydrogens is 392 g/mol. The van der Waals surface area contributed by atoms with E-state index in [4.69, 9.17) is 9.84 Å². The lowest BCUT2D eigenvalue weighted by molar-refractivity contribution is 0.0963. The molecule has 1 fully saturated rings. The Bertz CT molecular complexity index is 885. The van der Waals surface area contributed by atoms with Gasteiger partial charge in [-0.1, -0.05) is 30.3 Å². The molecule has 1 aliphatic rings. The number of amides is 1. The van der Waals surface area contributed by atoms with Gasteiger partial charge in [-0.3, -0.25) is 9.67 Å². The molecule has 1 aliphatic heterocycles. The summed E-state index contributed by atoms with van der Waals surface area (Å²) >= 11 is 0. The number of benzene rings is 1. The molecule has 0 aliphatic carbocycles. The van der Waals surface area contributed by atoms with Crippen molar-refractivity contribution in [3.63, 3.8) is 0 Å². The molecule has 8 heteroatoms. The molecule has 0 saturated carbocycles. The van der Waals surface area contributed by atoms with E-state index in [0.717, 1.165) is 36.7 Å². The smallest absolute Gasteiger partial charge is 0.409 e. The van der Waals surface area contributed by atoms with Gasteiger partial charge in [0.2, 0.25) is 0 Å². The minimum atomic E-state index is -0.220. The van der Waals surface area contributed by atoms with Crippen LogP contribution in [0.3, 0.4) is 0 Å². The first-order chi connectivity index (χ1) is 15.0. The second-order valence-electron chi connectivity index (χ2n) is 7.82. The molecule has 0 unspecified atom stereocenters. The first kappa shape index (κ1) is 22.7. The van der Waals surface area contributed by atoms with Crippen molar-refractivity contribution >= 4 is 12.1 Å². The lowest BCUT2D eigenvalue weighted by atomic mass is 10.1. The van der Waals surface area contributed by atoms with Crippen LogP contribution in [0.4, 0.5) is 4.79 Å². The number of piperidine rings is 1. The molecule has 1 saturated heterocycles. The minimum absolute atomic E-state index is 0.220. The molecule has 2 N–H and O–H groups in total. The fourth-order valence-corrected chi connectivity index (χ4v) is 3.88. The third kappa shape index (κ3) is 5.99. The number of guanidine groups is 1. The average Bonchev–Trinajstić information content (AvgIpc) is 3.04. The number of hydrogen-bond donors (Lipinski definition) is 2. The fourth-order valence-electron chi connectivity index (χ4n) is 3.88. The van der Waals surface area contributed by atoms with Crippen LogP contribution in [0.15, 0.2) is 35.3 Å². The van der Waals surface area contributed by atoms with E-state index in [-0.39, 0.29) is 12.1 Å². The monoisotopic (exact) mass is 426 g/mol. The van der Waals surface area contributed by atoms with E-state index in [0.29, 0.717) is 26.2 Å². The van der Waals surface area contributed by atoms with Gasteiger partial charge in [-0.25, -0.2) is 4.79 Å². The number of likely N-dealkylation sites (tertiary alicyclic amines) is 1. The van der Waals surface area contributed by atoms with Crippen molar-refractivity contribution in [3.05, 3.63) is 52.8 Å². The average molecular weight is 427 g/mol. The summed E-state index contributed by atoms with van der Waals surface area (Å²) in [6.07, 6.45) is 1.51. The lowest BCUT2D eigenvalue weighted by Crippen LogP contribution is -2.49. The number of carbonyl (C=O) groups is 1. The van der Waals surface area contributed by atoms with Gasteiger partial charge in [0.05, 0.1) is 18.8 Å². The summed E-state index contributed by atoms with van der Waals surface area (Å²) in [5, 5.41) is 11.6. The van der Waals surface area contributed by atoms with Gasteiger partial charge in [0.25, 0.3) is 0 Å². The predicted octanol–water partition coefficient (Wildman–Crippen LogP) is 2.83. The van der Waals surface area contributed by atoms with Crippen molar-refractivity contribution in [2.45, 2.75) is 52.7 Å². The van der Waals surface area contributed by atoms with Crippen molar-refractivity contribution in [2.75, 3.05) is 26.7 Å². The lowest BCUT2D eigenvalue weighted by Gasteiger charge is -2.32. The number of carbonyl (C=O) groups excluding carboxylic acids is 1. The number of nitrogens with zero attached hydrogens (tertiary/aromatic N) is 4. The molecule has 31 heavy (non-hydrogen) atoms. The highest BCUT2D eigenvalue weighted by Gasteiger charge is 2.24. The van der Waals surface area contributed by atoms with Gasteiger partial charge in [0, 0.05) is 44.0 Å². The molecule has 2 aromatic rings. The Morgan fingerprint density at radius 2 is 1.94 bits per heavy atom. The largest absolute Gasteiger partial charge is 0.450 e. The molecular formula is C23H34N6O2. The highest BCUT2D eigenvalue weighted by molar-refractivity contribution is 5.80. The first-order valence-corrected chi connectivity index (χ1v) is 11.0. The van der Waals surface area contributed by atoms with Crippen LogP contribution < -0.4 is 10.6 Å². The maximum Gasteiger partial charge on any atom is 0.409 e. The van der Waals surface area contributed by atoms with Crippen molar-refractivity contribution in [3.8, 4) is 0 Å². The molecule has 0 spiro atoms. The van der Waals surface area contributed by atoms with Crippen molar-refractivity contribution in [1.82, 2.24) is 25.3 Å². The molecule has 2 heterocycles. The van der Waals surface area contributed by atoms with E-state index in [1.165, 1.54) is 11.1 Å². The molecule has 0 atom stereocenters. The number of aryl methyl sites for hydroxylation is 1. The SMILES string of the molecule is CCOC(=O)N1CCC(NC(=NC)NCc2c(C)nn(Cc3ccccc3)c2C)CC1. The van der Waals surface area contributed by atoms with Crippen LogP contribution >= 0.6 is 0 Å². The Morgan fingerprint density at radius 1 is 1.23 bits per heavy atom. The Morgan fingerprint density at radius 3 is 2.58 bits per heavy atom. The predicted molar refractivity (Wildman–Crippen MR) is 122 cm³/mol. The fraction of sp³-hybridized carbons (Fsp3) is 0.522. The maximum absolute atomic E-state index is 11.9. The number of aromatic nitrogens is 2. The summed E-state index contributed by atoms with van der Waals surface area (Å²) in [4.78, 5) is 18.0. The van der Waals surface area contributed by atoms with Crippen LogP contribution in [-0.4, -0.2) is 59.5 Å². The summed E-state index contributed by atoms with van der Waals surface area (Å²) in [7, 11) is 1.78. The van der Waals surface area contributed by atoms with Gasteiger partial charge in [-0.15, -0.1) is 0 Å². The van der Waals surface area contributed by atoms with E-state index >= 15 is 0 Å². The maximum atomic E-state index is 11.9. The topological polar surface area (TPSA) is 83.8 Å². The van der Waals surface area contributed by atoms with Crippen LogP contribution in [-0.2, 0) is 17.8 Å². The summed E-state index contributed by atoms with van der Waals surface area (Å²) in [6.45, 7) is 9.21. The van der Waals surface area contributed by atoms with E-state index in [9.17, 15) is 4.79 Å². The third-order valence-electron chi connectivity index (χ3n) is 5.72. The van der Waals surface area contributed by atoms with Crippen LogP contribution in [0.5, 0.6) is 0 Å². The van der Waals surface area contributed by atoms with Crippen molar-refractivity contribution < 1.29 is 9.53 Å². The number of ether oxygens (including phenoxy) is 1. The van der Waals surface area contributed by atoms with Crippen LogP contribution in [0.1, 0.15) is 42.3 Å². The van der Waals surface area contributed by atoms with Crippen LogP contribution in [0.2, 0.25) is 0 Å². The Labute approximate surface area is 184 Å². The Hall–Kier alpha value is -3.03. The van der Waals surface area contributed by atoms with Gasteiger partial charge >= 0.3 is 6.09 Å². The van der Waals surface area contributed by atoms with Gasteiger partial charge in [0.15, 0.2) is 5.96 Å². The first-order valence-electron chi connectivity index (χ1n) is 11.0. The third-order valence-corrected chi connectivity index (χ3v) is 5.72. The Balaban J connectivity index is 1.53. The van der Waals surface area contributed by atoms with Gasteiger partial charge in [-0.05, 0) is 39.2 Å². The number of rotatable bonds is 6. The summed E-state index contributed by atoms with van der Waals surface area (Å²) < 4.78 is 7.15. The van der Waals surface area contributed by atoms with Gasteiger partial charge in [0.1, 0.15) is 0 Å². The quantitative estimate of drug-likeness (QED) is 0.548. The second-order valence-corrected chi connectivity index (χ2v) is 7.82. The van der Waals surface area contributed by atoms with Gasteiger partial charge < -0.3 is 20.3 Å². The molecule has 3 rings (SSSR count). The highest BCUT2D eigenvalue weighted by Crippen LogP contribution is 2.15. The standard InChI is InChI=1S/C23H34N6O2/c1-5-31-23(30)28-13-11-20(12-14-28)26-22(24-4)25-15-21-17(2)27-29(18(21)3)16-19-9-7-6-8-10-19/h6-10,20H,5,11-16H2,1-4H3,(H2,24,25,26). The molecule has 1 amide bonds. The summed E-state index contributed by atoms with van der Waals surface area (Å²) in [5.74, 6) is 0.768. The molecule has 0 radical (unpaired) electrons. The zero-order chi connectivity index (χ0) is 22.2. The summed E-state index contributed by atoms with van der Waals surface area (Å²) in [5.41, 5.74) is 4.61. The van der Waals surface area contributed by atoms with E-state index in [1.807, 2.05) is 19.9 Å². The highest BCUT2D eigenvalue weighted by atomic mass is 16.6. The second kappa shape index (κ2) is 10.8. The molecule has 168 valence electrons. The van der Waals surface area contributed by atoms with Crippen LogP contribution in [0.25, 0.3) is 0 Å².